The number of fused-ring (bicyclic) bond motifs is 3. The summed E-state index contributed by atoms with van der Waals surface area (Å²) in [5, 5.41) is 2.15. The minimum absolute atomic E-state index is 0.0245. The largest absolute Gasteiger partial charge is 0.491 e. The van der Waals surface area contributed by atoms with Gasteiger partial charge in [0.15, 0.2) is 11.4 Å². The van der Waals surface area contributed by atoms with E-state index in [1.54, 1.807) is 22.8 Å². The summed E-state index contributed by atoms with van der Waals surface area (Å²) < 4.78 is 13.2. The first-order valence-corrected chi connectivity index (χ1v) is 9.60. The lowest BCUT2D eigenvalue weighted by molar-refractivity contribution is -0.0138. The molecule has 0 bridgehead atoms. The van der Waals surface area contributed by atoms with Crippen molar-refractivity contribution in [3.05, 3.63) is 64.1 Å². The molecular formula is C21H25N3O4. The molecule has 1 aromatic heterocycles. The summed E-state index contributed by atoms with van der Waals surface area (Å²) in [6, 6.07) is 11.5. The maximum atomic E-state index is 13.1. The molecule has 1 fully saturated rings. The van der Waals surface area contributed by atoms with Crippen molar-refractivity contribution >= 4 is 5.91 Å². The highest BCUT2D eigenvalue weighted by Crippen LogP contribution is 2.39. The van der Waals surface area contributed by atoms with Gasteiger partial charge in [-0.05, 0) is 25.3 Å². The molecule has 3 heterocycles. The van der Waals surface area contributed by atoms with E-state index in [0.29, 0.717) is 6.61 Å². The smallest absolute Gasteiger partial charge is 0.277 e. The highest BCUT2D eigenvalue weighted by molar-refractivity contribution is 5.96. The lowest BCUT2D eigenvalue weighted by atomic mass is 9.91. The zero-order valence-electron chi connectivity index (χ0n) is 16.4. The number of hydrogen-bond acceptors (Lipinski definition) is 5. The van der Waals surface area contributed by atoms with Gasteiger partial charge in [0.05, 0.1) is 19.3 Å². The Morgan fingerprint density at radius 1 is 1.11 bits per heavy atom. The van der Waals surface area contributed by atoms with Crippen LogP contribution in [-0.4, -0.2) is 48.5 Å². The normalized spacial score (nSPS) is 24.0. The Balaban J connectivity index is 1.93. The van der Waals surface area contributed by atoms with E-state index in [9.17, 15) is 9.59 Å². The Morgan fingerprint density at radius 2 is 1.86 bits per heavy atom. The van der Waals surface area contributed by atoms with Crippen LogP contribution in [0.15, 0.2) is 47.4 Å². The summed E-state index contributed by atoms with van der Waals surface area (Å²) in [6.45, 7) is 2.61. The Kier molecular flexibility index (Phi) is 4.85. The van der Waals surface area contributed by atoms with Crippen LogP contribution in [0.3, 0.4) is 0 Å². The number of pyridine rings is 1. The van der Waals surface area contributed by atoms with E-state index in [2.05, 4.69) is 17.1 Å². The number of hydrogen-bond donors (Lipinski definition) is 0. The summed E-state index contributed by atoms with van der Waals surface area (Å²) in [6.07, 6.45) is 3.14. The van der Waals surface area contributed by atoms with E-state index in [4.69, 9.17) is 9.47 Å². The van der Waals surface area contributed by atoms with Crippen LogP contribution < -0.4 is 15.2 Å². The van der Waals surface area contributed by atoms with Crippen LogP contribution in [0.5, 0.6) is 5.75 Å². The van der Waals surface area contributed by atoms with Gasteiger partial charge in [-0.25, -0.2) is 0 Å². The van der Waals surface area contributed by atoms with Crippen molar-refractivity contribution in [3.63, 3.8) is 0 Å². The molecule has 148 valence electrons. The van der Waals surface area contributed by atoms with Crippen molar-refractivity contribution in [2.75, 3.05) is 25.8 Å². The Hall–Kier alpha value is -2.80. The first-order valence-electron chi connectivity index (χ1n) is 9.60. The van der Waals surface area contributed by atoms with Gasteiger partial charge in [0, 0.05) is 25.9 Å². The molecule has 2 aliphatic heterocycles. The van der Waals surface area contributed by atoms with Crippen molar-refractivity contribution in [2.45, 2.75) is 38.1 Å². The lowest BCUT2D eigenvalue weighted by Gasteiger charge is -2.53. The minimum atomic E-state index is -0.302. The summed E-state index contributed by atoms with van der Waals surface area (Å²) >= 11 is 0. The van der Waals surface area contributed by atoms with Gasteiger partial charge < -0.3 is 14.4 Å². The molecule has 28 heavy (non-hydrogen) atoms. The van der Waals surface area contributed by atoms with Crippen molar-refractivity contribution in [1.29, 1.82) is 0 Å². The van der Waals surface area contributed by atoms with Crippen LogP contribution >= 0.6 is 0 Å². The van der Waals surface area contributed by atoms with E-state index in [0.717, 1.165) is 18.4 Å². The Bertz CT molecular complexity index is 927. The molecule has 1 aromatic carbocycles. The molecule has 7 nitrogen and oxygen atoms in total. The molecular weight excluding hydrogens is 358 g/mol. The predicted octanol–water partition coefficient (Wildman–Crippen LogP) is 2.15. The van der Waals surface area contributed by atoms with Gasteiger partial charge in [-0.3, -0.25) is 19.3 Å². The van der Waals surface area contributed by atoms with Crippen LogP contribution in [0.1, 0.15) is 41.9 Å². The maximum absolute atomic E-state index is 13.1. The predicted molar refractivity (Wildman–Crippen MR) is 105 cm³/mol. The van der Waals surface area contributed by atoms with Gasteiger partial charge in [-0.2, -0.15) is 0 Å². The molecule has 1 amide bonds. The number of nitrogens with zero attached hydrogens (tertiary/aromatic N) is 3. The number of rotatable bonds is 4. The number of benzene rings is 1. The van der Waals surface area contributed by atoms with Crippen molar-refractivity contribution in [2.24, 2.45) is 0 Å². The second-order valence-electron chi connectivity index (χ2n) is 7.11. The number of amides is 1. The van der Waals surface area contributed by atoms with Crippen LogP contribution in [0.2, 0.25) is 0 Å². The molecule has 0 radical (unpaired) electrons. The third kappa shape index (κ3) is 2.77. The second kappa shape index (κ2) is 7.31. The van der Waals surface area contributed by atoms with Crippen LogP contribution in [0.25, 0.3) is 0 Å². The lowest BCUT2D eigenvalue weighted by Crippen LogP contribution is -2.65. The third-order valence-corrected chi connectivity index (χ3v) is 5.63. The Labute approximate surface area is 164 Å². The van der Waals surface area contributed by atoms with Crippen LogP contribution in [0.4, 0.5) is 0 Å². The molecule has 1 saturated heterocycles. The van der Waals surface area contributed by atoms with E-state index in [1.807, 2.05) is 25.1 Å². The van der Waals surface area contributed by atoms with E-state index in [1.165, 1.54) is 13.2 Å². The number of methoxy groups -OCH3 is 1. The first-order chi connectivity index (χ1) is 13.6. The van der Waals surface area contributed by atoms with E-state index < -0.39 is 0 Å². The summed E-state index contributed by atoms with van der Waals surface area (Å²) in [5.41, 5.74) is 1.06. The highest BCUT2D eigenvalue weighted by atomic mass is 16.5. The van der Waals surface area contributed by atoms with Gasteiger partial charge in [-0.15, -0.1) is 0 Å². The fourth-order valence-electron chi connectivity index (χ4n) is 4.41. The van der Waals surface area contributed by atoms with Gasteiger partial charge in [0.25, 0.3) is 5.91 Å². The summed E-state index contributed by atoms with van der Waals surface area (Å²) in [4.78, 5) is 27.1. The number of aromatic nitrogens is 1. The van der Waals surface area contributed by atoms with Crippen molar-refractivity contribution in [1.82, 2.24) is 9.58 Å². The molecule has 0 aliphatic carbocycles. The summed E-state index contributed by atoms with van der Waals surface area (Å²) in [7, 11) is 3.20. The fraction of sp³-hybridized carbons (Fsp3) is 0.429. The van der Waals surface area contributed by atoms with E-state index in [-0.39, 0.29) is 41.1 Å². The number of ether oxygens (including phenoxy) is 2. The molecule has 3 atom stereocenters. The van der Waals surface area contributed by atoms with Gasteiger partial charge >= 0.3 is 0 Å². The minimum Gasteiger partial charge on any atom is -0.491 e. The topological polar surface area (TPSA) is 64.0 Å². The molecule has 7 heteroatoms. The van der Waals surface area contributed by atoms with Crippen molar-refractivity contribution < 1.29 is 14.3 Å². The highest BCUT2D eigenvalue weighted by Gasteiger charge is 2.46. The molecule has 0 saturated carbocycles. The quantitative estimate of drug-likeness (QED) is 0.810. The molecule has 4 rings (SSSR count). The van der Waals surface area contributed by atoms with E-state index >= 15 is 0 Å². The number of carbonyl (C=O) groups is 1. The first kappa shape index (κ1) is 18.6. The van der Waals surface area contributed by atoms with Gasteiger partial charge in [0.2, 0.25) is 5.43 Å². The monoisotopic (exact) mass is 383 g/mol. The standard InChI is InChI=1S/C21H25N3O4/c1-4-28-16-10-11-17-22(2)21(26)19-20(27-3)15(25)12-13-23(19)24(17)18(16)14-8-6-5-7-9-14/h5-9,12-13,16-18H,4,10-11H2,1-3H3/t16-,17+,18-/m1/s1. The average Bonchev–Trinajstić information content (AvgIpc) is 2.72. The molecule has 2 aliphatic rings. The number of carbonyl (C=O) groups excluding carboxylic acids is 1. The zero-order valence-corrected chi connectivity index (χ0v) is 16.4. The molecule has 0 spiro atoms. The SMILES string of the molecule is CCO[C@@H]1CC[C@H]2N(C)C(=O)c3c(OC)c(=O)ccn3N2[C@@H]1c1ccccc1. The fourth-order valence-corrected chi connectivity index (χ4v) is 4.41. The molecule has 0 unspecified atom stereocenters. The van der Waals surface area contributed by atoms with Gasteiger partial charge in [0.1, 0.15) is 6.17 Å². The van der Waals surface area contributed by atoms with Crippen LogP contribution in [-0.2, 0) is 4.74 Å². The molecule has 0 N–H and O–H groups in total. The zero-order chi connectivity index (χ0) is 19.8. The van der Waals surface area contributed by atoms with Gasteiger partial charge in [-0.1, -0.05) is 30.3 Å². The second-order valence-corrected chi connectivity index (χ2v) is 7.11. The Morgan fingerprint density at radius 3 is 2.54 bits per heavy atom. The average molecular weight is 383 g/mol. The van der Waals surface area contributed by atoms with Crippen LogP contribution in [0, 0.1) is 0 Å². The number of piperidine rings is 1. The molecule has 2 aromatic rings. The third-order valence-electron chi connectivity index (χ3n) is 5.63. The van der Waals surface area contributed by atoms with Crippen molar-refractivity contribution in [3.8, 4) is 5.75 Å². The maximum Gasteiger partial charge on any atom is 0.277 e. The summed E-state index contributed by atoms with van der Waals surface area (Å²) in [5.74, 6) is -0.138.